The van der Waals surface area contributed by atoms with Gasteiger partial charge in [-0.15, -0.1) is 0 Å². The van der Waals surface area contributed by atoms with Crippen LogP contribution in [-0.4, -0.2) is 30.3 Å². The quantitative estimate of drug-likeness (QED) is 0.818. The molecule has 0 aromatic heterocycles. The summed E-state index contributed by atoms with van der Waals surface area (Å²) in [6, 6.07) is 15.2. The Balaban J connectivity index is 2.25. The van der Waals surface area contributed by atoms with Crippen LogP contribution in [0.25, 0.3) is 11.1 Å². The standard InChI is InChI=1S/C20H25NO3/c1-4-24-19-11-6-5-10-18(19)16-8-7-9-17(12-16)20(23)21-15(3)14(2)13-22/h5-12,14-15,22H,4,13H2,1-3H3,(H,21,23). The molecule has 0 saturated heterocycles. The molecule has 0 aliphatic carbocycles. The zero-order chi connectivity index (χ0) is 17.5. The molecule has 24 heavy (non-hydrogen) atoms. The van der Waals surface area contributed by atoms with Crippen molar-refractivity contribution in [1.29, 1.82) is 0 Å². The number of hydrogen-bond acceptors (Lipinski definition) is 3. The van der Waals surface area contributed by atoms with Crippen molar-refractivity contribution < 1.29 is 14.6 Å². The van der Waals surface area contributed by atoms with E-state index in [0.717, 1.165) is 16.9 Å². The SMILES string of the molecule is CCOc1ccccc1-c1cccc(C(=O)NC(C)C(C)CO)c1. The Kier molecular flexibility index (Phi) is 6.38. The van der Waals surface area contributed by atoms with E-state index in [2.05, 4.69) is 5.32 Å². The number of benzene rings is 2. The van der Waals surface area contributed by atoms with Crippen LogP contribution in [0.4, 0.5) is 0 Å². The summed E-state index contributed by atoms with van der Waals surface area (Å²) >= 11 is 0. The number of rotatable bonds is 7. The number of carbonyl (C=O) groups is 1. The highest BCUT2D eigenvalue weighted by molar-refractivity contribution is 5.95. The molecule has 0 bridgehead atoms. The van der Waals surface area contributed by atoms with E-state index in [9.17, 15) is 9.90 Å². The Morgan fingerprint density at radius 2 is 1.92 bits per heavy atom. The van der Waals surface area contributed by atoms with Gasteiger partial charge in [0.15, 0.2) is 0 Å². The second kappa shape index (κ2) is 8.50. The lowest BCUT2D eigenvalue weighted by molar-refractivity contribution is 0.0916. The third kappa shape index (κ3) is 4.36. The maximum absolute atomic E-state index is 12.4. The Morgan fingerprint density at radius 3 is 2.62 bits per heavy atom. The van der Waals surface area contributed by atoms with E-state index in [0.29, 0.717) is 12.2 Å². The predicted octanol–water partition coefficient (Wildman–Crippen LogP) is 3.50. The van der Waals surface area contributed by atoms with Crippen molar-refractivity contribution in [1.82, 2.24) is 5.32 Å². The molecule has 0 aliphatic rings. The summed E-state index contributed by atoms with van der Waals surface area (Å²) in [5, 5.41) is 12.1. The van der Waals surface area contributed by atoms with Gasteiger partial charge in [-0.3, -0.25) is 4.79 Å². The summed E-state index contributed by atoms with van der Waals surface area (Å²) in [6.07, 6.45) is 0. The molecule has 0 spiro atoms. The fourth-order valence-corrected chi connectivity index (χ4v) is 2.40. The summed E-state index contributed by atoms with van der Waals surface area (Å²) in [4.78, 5) is 12.4. The van der Waals surface area contributed by atoms with Crippen LogP contribution in [0.2, 0.25) is 0 Å². The van der Waals surface area contributed by atoms with Crippen LogP contribution >= 0.6 is 0 Å². The number of aliphatic hydroxyl groups is 1. The molecule has 0 saturated carbocycles. The fraction of sp³-hybridized carbons (Fsp3) is 0.350. The van der Waals surface area contributed by atoms with Gasteiger partial charge in [0.1, 0.15) is 5.75 Å². The van der Waals surface area contributed by atoms with Crippen LogP contribution in [0.5, 0.6) is 5.75 Å². The molecule has 1 amide bonds. The van der Waals surface area contributed by atoms with Gasteiger partial charge in [-0.2, -0.15) is 0 Å². The van der Waals surface area contributed by atoms with Crippen LogP contribution in [0.1, 0.15) is 31.1 Å². The van der Waals surface area contributed by atoms with E-state index in [1.807, 2.05) is 63.2 Å². The summed E-state index contributed by atoms with van der Waals surface area (Å²) in [5.74, 6) is 0.675. The summed E-state index contributed by atoms with van der Waals surface area (Å²) in [5.41, 5.74) is 2.50. The zero-order valence-corrected chi connectivity index (χ0v) is 14.5. The predicted molar refractivity (Wildman–Crippen MR) is 96.2 cm³/mol. The lowest BCUT2D eigenvalue weighted by Crippen LogP contribution is -2.38. The van der Waals surface area contributed by atoms with Crippen molar-refractivity contribution in [3.63, 3.8) is 0 Å². The molecule has 2 rings (SSSR count). The molecular formula is C20H25NO3. The lowest BCUT2D eigenvalue weighted by Gasteiger charge is -2.19. The molecular weight excluding hydrogens is 302 g/mol. The molecule has 4 heteroatoms. The van der Waals surface area contributed by atoms with E-state index >= 15 is 0 Å². The van der Waals surface area contributed by atoms with Gasteiger partial charge in [-0.25, -0.2) is 0 Å². The highest BCUT2D eigenvalue weighted by atomic mass is 16.5. The highest BCUT2D eigenvalue weighted by Gasteiger charge is 2.16. The molecule has 4 nitrogen and oxygen atoms in total. The van der Waals surface area contributed by atoms with Crippen LogP contribution in [-0.2, 0) is 0 Å². The van der Waals surface area contributed by atoms with E-state index in [-0.39, 0.29) is 24.5 Å². The molecule has 0 fully saturated rings. The molecule has 0 radical (unpaired) electrons. The lowest BCUT2D eigenvalue weighted by atomic mass is 10.0. The molecule has 2 N–H and O–H groups in total. The monoisotopic (exact) mass is 327 g/mol. The molecule has 2 unspecified atom stereocenters. The average Bonchev–Trinajstić information content (AvgIpc) is 2.61. The normalized spacial score (nSPS) is 13.2. The molecule has 2 aromatic rings. The number of nitrogens with one attached hydrogen (secondary N) is 1. The molecule has 2 atom stereocenters. The topological polar surface area (TPSA) is 58.6 Å². The van der Waals surface area contributed by atoms with Gasteiger partial charge in [0, 0.05) is 23.8 Å². The van der Waals surface area contributed by atoms with Crippen LogP contribution in [0.3, 0.4) is 0 Å². The van der Waals surface area contributed by atoms with Crippen molar-refractivity contribution in [2.45, 2.75) is 26.8 Å². The van der Waals surface area contributed by atoms with E-state index in [1.165, 1.54) is 0 Å². The minimum absolute atomic E-state index is 0.0100. The van der Waals surface area contributed by atoms with Gasteiger partial charge < -0.3 is 15.2 Å². The smallest absolute Gasteiger partial charge is 0.251 e. The molecule has 2 aromatic carbocycles. The maximum atomic E-state index is 12.4. The van der Waals surface area contributed by atoms with Crippen LogP contribution in [0, 0.1) is 5.92 Å². The molecule has 0 heterocycles. The second-order valence-electron chi connectivity index (χ2n) is 5.93. The van der Waals surface area contributed by atoms with Crippen LogP contribution < -0.4 is 10.1 Å². The van der Waals surface area contributed by atoms with Gasteiger partial charge in [0.25, 0.3) is 5.91 Å². The average molecular weight is 327 g/mol. The minimum Gasteiger partial charge on any atom is -0.493 e. The van der Waals surface area contributed by atoms with Gasteiger partial charge in [-0.05, 0) is 43.5 Å². The number of para-hydroxylation sites is 1. The van der Waals surface area contributed by atoms with Gasteiger partial charge in [0.2, 0.25) is 0 Å². The van der Waals surface area contributed by atoms with Crippen molar-refractivity contribution in [3.05, 3.63) is 54.1 Å². The zero-order valence-electron chi connectivity index (χ0n) is 14.5. The summed E-state index contributed by atoms with van der Waals surface area (Å²) in [6.45, 7) is 6.38. The second-order valence-corrected chi connectivity index (χ2v) is 5.93. The number of carbonyl (C=O) groups excluding carboxylic acids is 1. The Labute approximate surface area is 143 Å². The van der Waals surface area contributed by atoms with E-state index < -0.39 is 0 Å². The number of hydrogen-bond donors (Lipinski definition) is 2. The Bertz CT molecular complexity index is 684. The Morgan fingerprint density at radius 1 is 1.17 bits per heavy atom. The highest BCUT2D eigenvalue weighted by Crippen LogP contribution is 2.30. The molecule has 128 valence electrons. The van der Waals surface area contributed by atoms with E-state index in [4.69, 9.17) is 4.74 Å². The van der Waals surface area contributed by atoms with Crippen molar-refractivity contribution >= 4 is 5.91 Å². The van der Waals surface area contributed by atoms with Crippen molar-refractivity contribution in [2.75, 3.05) is 13.2 Å². The molecule has 0 aliphatic heterocycles. The maximum Gasteiger partial charge on any atom is 0.251 e. The largest absolute Gasteiger partial charge is 0.493 e. The summed E-state index contributed by atoms with van der Waals surface area (Å²) in [7, 11) is 0. The Hall–Kier alpha value is -2.33. The van der Waals surface area contributed by atoms with Crippen LogP contribution in [0.15, 0.2) is 48.5 Å². The first kappa shape index (κ1) is 18.0. The van der Waals surface area contributed by atoms with E-state index in [1.54, 1.807) is 6.07 Å². The minimum atomic E-state index is -0.140. The first-order valence-corrected chi connectivity index (χ1v) is 8.30. The number of ether oxygens (including phenoxy) is 1. The third-order valence-electron chi connectivity index (χ3n) is 4.12. The fourth-order valence-electron chi connectivity index (χ4n) is 2.40. The number of aliphatic hydroxyl groups excluding tert-OH is 1. The van der Waals surface area contributed by atoms with Crippen molar-refractivity contribution in [3.8, 4) is 16.9 Å². The third-order valence-corrected chi connectivity index (χ3v) is 4.12. The van der Waals surface area contributed by atoms with Gasteiger partial charge >= 0.3 is 0 Å². The number of amides is 1. The summed E-state index contributed by atoms with van der Waals surface area (Å²) < 4.78 is 5.67. The van der Waals surface area contributed by atoms with Crippen molar-refractivity contribution in [2.24, 2.45) is 5.92 Å². The van der Waals surface area contributed by atoms with Gasteiger partial charge in [0.05, 0.1) is 6.61 Å². The first-order valence-electron chi connectivity index (χ1n) is 8.30. The van der Waals surface area contributed by atoms with Gasteiger partial charge in [-0.1, -0.05) is 37.3 Å². The first-order chi connectivity index (χ1) is 11.6.